The highest BCUT2D eigenvalue weighted by Crippen LogP contribution is 2.36. The first-order valence-corrected chi connectivity index (χ1v) is 10.5. The maximum atomic E-state index is 13.4. The molecule has 0 atom stereocenters. The summed E-state index contributed by atoms with van der Waals surface area (Å²) in [5.74, 6) is 0.157. The molecule has 1 heterocycles. The van der Waals surface area contributed by atoms with Crippen LogP contribution in [0.15, 0.2) is 84.0 Å². The molecule has 4 aromatic rings. The van der Waals surface area contributed by atoms with E-state index in [0.29, 0.717) is 27.0 Å². The fraction of sp³-hybridized carbons (Fsp3) is 0.0417. The van der Waals surface area contributed by atoms with Gasteiger partial charge in [0.2, 0.25) is 5.13 Å². The Morgan fingerprint density at radius 3 is 2.44 bits per heavy atom. The maximum Gasteiger partial charge on any atom is 0.256 e. The molecule has 32 heavy (non-hydrogen) atoms. The molecule has 160 valence electrons. The van der Waals surface area contributed by atoms with E-state index < -0.39 is 0 Å². The molecule has 3 aromatic carbocycles. The van der Waals surface area contributed by atoms with Gasteiger partial charge in [0.1, 0.15) is 22.3 Å². The van der Waals surface area contributed by atoms with Crippen LogP contribution in [0, 0.1) is 5.82 Å². The van der Waals surface area contributed by atoms with E-state index in [4.69, 9.17) is 4.74 Å². The van der Waals surface area contributed by atoms with Crippen molar-refractivity contribution < 1.29 is 13.9 Å². The quantitative estimate of drug-likeness (QED) is 0.284. The number of amides is 1. The monoisotopic (exact) mass is 446 g/mol. The lowest BCUT2D eigenvalue weighted by Crippen LogP contribution is -2.11. The van der Waals surface area contributed by atoms with Gasteiger partial charge in [0, 0.05) is 11.1 Å². The Labute approximate surface area is 188 Å². The number of ether oxygens (including phenoxy) is 1. The van der Waals surface area contributed by atoms with Crippen LogP contribution in [0.25, 0.3) is 11.3 Å². The van der Waals surface area contributed by atoms with E-state index in [1.165, 1.54) is 23.5 Å². The topological polar surface area (TPSA) is 75.6 Å². The summed E-state index contributed by atoms with van der Waals surface area (Å²) in [7, 11) is 1.61. The standard InChI is InChI=1S/C24H19FN4O2S/c1-31-20-13-7-16(8-14-20)15-26-29-24-27-21(17-9-11-19(25)12-10-17)23(32-24)28-22(30)18-5-3-2-4-6-18/h2-15H,1H3,(H,27,29)(H,28,30)/b26-15-. The third-order valence-corrected chi connectivity index (χ3v) is 5.37. The highest BCUT2D eigenvalue weighted by Gasteiger charge is 2.16. The van der Waals surface area contributed by atoms with Crippen LogP contribution in [-0.2, 0) is 0 Å². The largest absolute Gasteiger partial charge is 0.497 e. The number of rotatable bonds is 7. The average molecular weight is 447 g/mol. The lowest BCUT2D eigenvalue weighted by Gasteiger charge is -2.05. The molecule has 2 N–H and O–H groups in total. The normalized spacial score (nSPS) is 10.8. The number of hydrogen-bond acceptors (Lipinski definition) is 6. The van der Waals surface area contributed by atoms with E-state index >= 15 is 0 Å². The third kappa shape index (κ3) is 5.16. The SMILES string of the molecule is COc1ccc(/C=N\Nc2nc(-c3ccc(F)cc3)c(NC(=O)c3ccccc3)s2)cc1. The molecule has 0 fully saturated rings. The predicted octanol–water partition coefficient (Wildman–Crippen LogP) is 5.66. The fourth-order valence-corrected chi connectivity index (χ4v) is 3.71. The molecule has 0 aliphatic rings. The van der Waals surface area contributed by atoms with E-state index in [1.807, 2.05) is 30.3 Å². The first-order chi connectivity index (χ1) is 15.6. The van der Waals surface area contributed by atoms with E-state index in [1.54, 1.807) is 49.7 Å². The molecule has 0 bridgehead atoms. The summed E-state index contributed by atoms with van der Waals surface area (Å²) in [4.78, 5) is 17.2. The molecule has 0 saturated heterocycles. The van der Waals surface area contributed by atoms with Gasteiger partial charge in [-0.2, -0.15) is 5.10 Å². The Morgan fingerprint density at radius 2 is 1.75 bits per heavy atom. The molecule has 0 unspecified atom stereocenters. The second kappa shape index (κ2) is 9.84. The van der Waals surface area contributed by atoms with Crippen molar-refractivity contribution in [2.45, 2.75) is 0 Å². The van der Waals surface area contributed by atoms with Crippen molar-refractivity contribution >= 4 is 33.6 Å². The van der Waals surface area contributed by atoms with Crippen molar-refractivity contribution in [3.05, 3.63) is 95.8 Å². The average Bonchev–Trinajstić information content (AvgIpc) is 3.23. The van der Waals surface area contributed by atoms with E-state index in [2.05, 4.69) is 20.8 Å². The van der Waals surface area contributed by atoms with Crippen LogP contribution < -0.4 is 15.5 Å². The minimum atomic E-state index is -0.346. The van der Waals surface area contributed by atoms with Crippen LogP contribution in [0.2, 0.25) is 0 Å². The van der Waals surface area contributed by atoms with Crippen LogP contribution >= 0.6 is 11.3 Å². The minimum Gasteiger partial charge on any atom is -0.497 e. The van der Waals surface area contributed by atoms with Crippen molar-refractivity contribution in [3.8, 4) is 17.0 Å². The Morgan fingerprint density at radius 1 is 1.03 bits per heavy atom. The van der Waals surface area contributed by atoms with Gasteiger partial charge in [-0.1, -0.05) is 29.5 Å². The van der Waals surface area contributed by atoms with Crippen molar-refractivity contribution in [2.75, 3.05) is 17.9 Å². The van der Waals surface area contributed by atoms with Crippen molar-refractivity contribution in [3.63, 3.8) is 0 Å². The number of carbonyl (C=O) groups excluding carboxylic acids is 1. The molecule has 6 nitrogen and oxygen atoms in total. The zero-order valence-corrected chi connectivity index (χ0v) is 17.9. The summed E-state index contributed by atoms with van der Waals surface area (Å²) in [6, 6.07) is 22.3. The lowest BCUT2D eigenvalue weighted by atomic mass is 10.1. The van der Waals surface area contributed by atoms with E-state index in [-0.39, 0.29) is 11.7 Å². The Balaban J connectivity index is 1.57. The summed E-state index contributed by atoms with van der Waals surface area (Å²) in [5, 5.41) is 8.14. The smallest absolute Gasteiger partial charge is 0.256 e. The number of hydrazone groups is 1. The molecule has 0 spiro atoms. The van der Waals surface area contributed by atoms with Gasteiger partial charge in [-0.25, -0.2) is 9.37 Å². The number of thiazole rings is 1. The number of aromatic nitrogens is 1. The number of hydrogen-bond donors (Lipinski definition) is 2. The molecule has 1 amide bonds. The molecular formula is C24H19FN4O2S. The highest BCUT2D eigenvalue weighted by atomic mass is 32.1. The zero-order valence-electron chi connectivity index (χ0n) is 17.1. The minimum absolute atomic E-state index is 0.258. The van der Waals surface area contributed by atoms with Gasteiger partial charge in [-0.05, 0) is 66.2 Å². The summed E-state index contributed by atoms with van der Waals surface area (Å²) in [5.41, 5.74) is 5.51. The van der Waals surface area contributed by atoms with Gasteiger partial charge < -0.3 is 10.1 Å². The number of anilines is 2. The Bertz CT molecular complexity index is 1220. The van der Waals surface area contributed by atoms with Crippen molar-refractivity contribution in [1.29, 1.82) is 0 Å². The van der Waals surface area contributed by atoms with Gasteiger partial charge in [-0.15, -0.1) is 0 Å². The molecule has 4 rings (SSSR count). The van der Waals surface area contributed by atoms with Gasteiger partial charge in [0.25, 0.3) is 5.91 Å². The molecule has 0 aliphatic carbocycles. The van der Waals surface area contributed by atoms with Crippen LogP contribution in [0.1, 0.15) is 15.9 Å². The number of carbonyl (C=O) groups is 1. The number of methoxy groups -OCH3 is 1. The number of halogens is 1. The lowest BCUT2D eigenvalue weighted by molar-refractivity contribution is 0.102. The molecule has 0 radical (unpaired) electrons. The first-order valence-electron chi connectivity index (χ1n) is 9.68. The van der Waals surface area contributed by atoms with Crippen LogP contribution in [0.5, 0.6) is 5.75 Å². The van der Waals surface area contributed by atoms with Gasteiger partial charge in [0.05, 0.1) is 13.3 Å². The Hall–Kier alpha value is -4.04. The highest BCUT2D eigenvalue weighted by molar-refractivity contribution is 7.20. The van der Waals surface area contributed by atoms with Crippen LogP contribution in [-0.4, -0.2) is 24.2 Å². The molecule has 1 aromatic heterocycles. The van der Waals surface area contributed by atoms with Crippen LogP contribution in [0.3, 0.4) is 0 Å². The summed E-state index contributed by atoms with van der Waals surface area (Å²) in [6.07, 6.45) is 1.65. The summed E-state index contributed by atoms with van der Waals surface area (Å²) < 4.78 is 18.5. The zero-order chi connectivity index (χ0) is 22.3. The van der Waals surface area contributed by atoms with Crippen molar-refractivity contribution in [1.82, 2.24) is 4.98 Å². The summed E-state index contributed by atoms with van der Waals surface area (Å²) >= 11 is 1.24. The third-order valence-electron chi connectivity index (χ3n) is 4.50. The molecule has 8 heteroatoms. The number of nitrogens with one attached hydrogen (secondary N) is 2. The summed E-state index contributed by atoms with van der Waals surface area (Å²) in [6.45, 7) is 0. The fourth-order valence-electron chi connectivity index (χ4n) is 2.87. The van der Waals surface area contributed by atoms with Crippen molar-refractivity contribution in [2.24, 2.45) is 5.10 Å². The van der Waals surface area contributed by atoms with E-state index in [9.17, 15) is 9.18 Å². The second-order valence-corrected chi connectivity index (χ2v) is 7.67. The number of nitrogens with zero attached hydrogens (tertiary/aromatic N) is 2. The molecule has 0 saturated carbocycles. The maximum absolute atomic E-state index is 13.4. The Kier molecular flexibility index (Phi) is 6.52. The van der Waals surface area contributed by atoms with Gasteiger partial charge in [0.15, 0.2) is 0 Å². The molecular weight excluding hydrogens is 427 g/mol. The van der Waals surface area contributed by atoms with Crippen LogP contribution in [0.4, 0.5) is 14.5 Å². The second-order valence-electron chi connectivity index (χ2n) is 6.67. The van der Waals surface area contributed by atoms with Gasteiger partial charge in [-0.3, -0.25) is 10.2 Å². The molecule has 0 aliphatic heterocycles. The van der Waals surface area contributed by atoms with E-state index in [0.717, 1.165) is 11.3 Å². The predicted molar refractivity (Wildman–Crippen MR) is 126 cm³/mol. The number of benzene rings is 3. The van der Waals surface area contributed by atoms with Gasteiger partial charge >= 0.3 is 0 Å². The first kappa shape index (κ1) is 21.2.